The summed E-state index contributed by atoms with van der Waals surface area (Å²) in [7, 11) is 1.33. The fourth-order valence-electron chi connectivity index (χ4n) is 1.64. The van der Waals surface area contributed by atoms with Crippen LogP contribution in [0.15, 0.2) is 12.1 Å². The first kappa shape index (κ1) is 10.2. The lowest BCUT2D eigenvalue weighted by atomic mass is 10.0. The van der Waals surface area contributed by atoms with Gasteiger partial charge in [0, 0.05) is 5.54 Å². The minimum atomic E-state index is -0.555. The number of nitrogens with two attached hydrogens (primary N) is 1. The van der Waals surface area contributed by atoms with Gasteiger partial charge in [0.05, 0.1) is 7.11 Å². The van der Waals surface area contributed by atoms with Crippen molar-refractivity contribution in [2.75, 3.05) is 7.11 Å². The molecule has 1 saturated carbocycles. The van der Waals surface area contributed by atoms with E-state index in [0.29, 0.717) is 12.0 Å². The van der Waals surface area contributed by atoms with Crippen molar-refractivity contribution in [3.05, 3.63) is 23.5 Å². The second-order valence-electron chi connectivity index (χ2n) is 4.13. The zero-order chi connectivity index (χ0) is 11.1. The SMILES string of the molecule is COc1c(F)ccc(CC2(N)CC2)c1O. The maximum atomic E-state index is 13.2. The Labute approximate surface area is 87.7 Å². The highest BCUT2D eigenvalue weighted by Gasteiger charge is 2.39. The molecule has 0 bridgehead atoms. The highest BCUT2D eigenvalue weighted by Crippen LogP contribution is 2.40. The number of methoxy groups -OCH3 is 1. The molecule has 1 aromatic carbocycles. The summed E-state index contributed by atoms with van der Waals surface area (Å²) < 4.78 is 17.9. The number of phenols is 1. The van der Waals surface area contributed by atoms with Gasteiger partial charge in [-0.1, -0.05) is 6.07 Å². The van der Waals surface area contributed by atoms with Crippen LogP contribution in [0.1, 0.15) is 18.4 Å². The van der Waals surface area contributed by atoms with Gasteiger partial charge in [0.2, 0.25) is 0 Å². The minimum absolute atomic E-state index is 0.100. The van der Waals surface area contributed by atoms with E-state index in [9.17, 15) is 9.50 Å². The fourth-order valence-corrected chi connectivity index (χ4v) is 1.64. The molecular formula is C11H14FNO2. The van der Waals surface area contributed by atoms with Crippen molar-refractivity contribution in [2.24, 2.45) is 5.73 Å². The largest absolute Gasteiger partial charge is 0.504 e. The van der Waals surface area contributed by atoms with Crippen LogP contribution in [0.4, 0.5) is 4.39 Å². The number of phenolic OH excluding ortho intramolecular Hbond substituents is 1. The molecule has 1 fully saturated rings. The first-order valence-corrected chi connectivity index (χ1v) is 4.89. The average Bonchev–Trinajstić information content (AvgIpc) is 2.90. The third kappa shape index (κ3) is 1.90. The molecule has 3 nitrogen and oxygen atoms in total. The van der Waals surface area contributed by atoms with Gasteiger partial charge in [-0.15, -0.1) is 0 Å². The van der Waals surface area contributed by atoms with Crippen LogP contribution < -0.4 is 10.5 Å². The molecule has 0 radical (unpaired) electrons. The average molecular weight is 211 g/mol. The molecule has 0 amide bonds. The fraction of sp³-hybridized carbons (Fsp3) is 0.455. The summed E-state index contributed by atoms with van der Waals surface area (Å²) >= 11 is 0. The van der Waals surface area contributed by atoms with Gasteiger partial charge in [-0.3, -0.25) is 0 Å². The number of halogens is 1. The molecule has 0 heterocycles. The quantitative estimate of drug-likeness (QED) is 0.798. The summed E-state index contributed by atoms with van der Waals surface area (Å²) in [5, 5.41) is 9.74. The second kappa shape index (κ2) is 3.38. The number of hydrogen-bond donors (Lipinski definition) is 2. The maximum Gasteiger partial charge on any atom is 0.196 e. The molecule has 4 heteroatoms. The van der Waals surface area contributed by atoms with E-state index in [1.807, 2.05) is 0 Å². The molecular weight excluding hydrogens is 197 g/mol. The van der Waals surface area contributed by atoms with Crippen molar-refractivity contribution < 1.29 is 14.2 Å². The molecule has 0 saturated heterocycles. The Bertz CT molecular complexity index is 388. The van der Waals surface area contributed by atoms with Crippen molar-refractivity contribution in [3.63, 3.8) is 0 Å². The molecule has 82 valence electrons. The van der Waals surface area contributed by atoms with Crippen LogP contribution in [-0.2, 0) is 6.42 Å². The predicted octanol–water partition coefficient (Wildman–Crippen LogP) is 1.57. The van der Waals surface area contributed by atoms with Crippen molar-refractivity contribution in [1.82, 2.24) is 0 Å². The summed E-state index contributed by atoms with van der Waals surface area (Å²) in [4.78, 5) is 0. The van der Waals surface area contributed by atoms with E-state index < -0.39 is 5.82 Å². The van der Waals surface area contributed by atoms with Crippen molar-refractivity contribution in [1.29, 1.82) is 0 Å². The van der Waals surface area contributed by atoms with E-state index in [4.69, 9.17) is 10.5 Å². The maximum absolute atomic E-state index is 13.2. The van der Waals surface area contributed by atoms with Crippen LogP contribution in [0, 0.1) is 5.82 Å². The topological polar surface area (TPSA) is 55.5 Å². The molecule has 0 aliphatic heterocycles. The molecule has 0 atom stereocenters. The van der Waals surface area contributed by atoms with E-state index in [0.717, 1.165) is 12.8 Å². The molecule has 1 aromatic rings. The van der Waals surface area contributed by atoms with E-state index in [1.54, 1.807) is 6.07 Å². The molecule has 0 spiro atoms. The summed E-state index contributed by atoms with van der Waals surface area (Å²) in [6.07, 6.45) is 2.47. The normalized spacial score (nSPS) is 17.5. The Morgan fingerprint density at radius 1 is 1.53 bits per heavy atom. The van der Waals surface area contributed by atoms with Crippen molar-refractivity contribution in [3.8, 4) is 11.5 Å². The lowest BCUT2D eigenvalue weighted by molar-refractivity contribution is 0.348. The number of benzene rings is 1. The minimum Gasteiger partial charge on any atom is -0.504 e. The zero-order valence-electron chi connectivity index (χ0n) is 8.59. The van der Waals surface area contributed by atoms with Crippen molar-refractivity contribution in [2.45, 2.75) is 24.8 Å². The Kier molecular flexibility index (Phi) is 2.31. The molecule has 0 aromatic heterocycles. The standard InChI is InChI=1S/C11H14FNO2/c1-15-10-8(12)3-2-7(9(10)14)6-11(13)4-5-11/h2-3,14H,4-6,13H2,1H3. The molecule has 0 unspecified atom stereocenters. The van der Waals surface area contributed by atoms with Crippen LogP contribution in [0.5, 0.6) is 11.5 Å². The van der Waals surface area contributed by atoms with Crippen LogP contribution in [0.2, 0.25) is 0 Å². The third-order valence-corrected chi connectivity index (χ3v) is 2.81. The van der Waals surface area contributed by atoms with Gasteiger partial charge < -0.3 is 15.6 Å². The van der Waals surface area contributed by atoms with Gasteiger partial charge in [0.25, 0.3) is 0 Å². The van der Waals surface area contributed by atoms with Gasteiger partial charge >= 0.3 is 0 Å². The van der Waals surface area contributed by atoms with Crippen LogP contribution in [0.3, 0.4) is 0 Å². The van der Waals surface area contributed by atoms with E-state index in [2.05, 4.69) is 0 Å². The van der Waals surface area contributed by atoms with Crippen molar-refractivity contribution >= 4 is 0 Å². The second-order valence-corrected chi connectivity index (χ2v) is 4.13. The van der Waals surface area contributed by atoms with Gasteiger partial charge in [-0.25, -0.2) is 4.39 Å². The first-order valence-electron chi connectivity index (χ1n) is 4.89. The van der Waals surface area contributed by atoms with Crippen LogP contribution in [0.25, 0.3) is 0 Å². The Morgan fingerprint density at radius 3 is 2.73 bits per heavy atom. The lowest BCUT2D eigenvalue weighted by Gasteiger charge is -2.12. The highest BCUT2D eigenvalue weighted by molar-refractivity contribution is 5.47. The van der Waals surface area contributed by atoms with Gasteiger partial charge in [0.1, 0.15) is 0 Å². The molecule has 1 aliphatic carbocycles. The smallest absolute Gasteiger partial charge is 0.196 e. The summed E-state index contributed by atoms with van der Waals surface area (Å²) in [5.74, 6) is -0.786. The van der Waals surface area contributed by atoms with E-state index >= 15 is 0 Å². The number of ether oxygens (including phenoxy) is 1. The summed E-state index contributed by atoms with van der Waals surface area (Å²) in [5.41, 5.74) is 6.37. The lowest BCUT2D eigenvalue weighted by Crippen LogP contribution is -2.24. The predicted molar refractivity (Wildman–Crippen MR) is 54.5 cm³/mol. The third-order valence-electron chi connectivity index (χ3n) is 2.81. The monoisotopic (exact) mass is 211 g/mol. The van der Waals surface area contributed by atoms with Gasteiger partial charge in [-0.05, 0) is 30.9 Å². The number of rotatable bonds is 3. The zero-order valence-corrected chi connectivity index (χ0v) is 8.59. The van der Waals surface area contributed by atoms with Gasteiger partial charge in [-0.2, -0.15) is 0 Å². The first-order chi connectivity index (χ1) is 7.06. The molecule has 3 N–H and O–H groups in total. The number of aromatic hydroxyl groups is 1. The van der Waals surface area contributed by atoms with Crippen LogP contribution in [-0.4, -0.2) is 17.8 Å². The Hall–Kier alpha value is -1.29. The Morgan fingerprint density at radius 2 is 2.20 bits per heavy atom. The molecule has 15 heavy (non-hydrogen) atoms. The summed E-state index contributed by atoms with van der Waals surface area (Å²) in [6.45, 7) is 0. The number of hydrogen-bond acceptors (Lipinski definition) is 3. The molecule has 1 aliphatic rings. The van der Waals surface area contributed by atoms with Gasteiger partial charge in [0.15, 0.2) is 17.3 Å². The highest BCUT2D eigenvalue weighted by atomic mass is 19.1. The van der Waals surface area contributed by atoms with E-state index in [-0.39, 0.29) is 17.0 Å². The summed E-state index contributed by atoms with van der Waals surface area (Å²) in [6, 6.07) is 2.85. The van der Waals surface area contributed by atoms with Crippen LogP contribution >= 0.6 is 0 Å². The Balaban J connectivity index is 2.31. The van der Waals surface area contributed by atoms with E-state index in [1.165, 1.54) is 13.2 Å². The molecule has 2 rings (SSSR count).